The van der Waals surface area contributed by atoms with Crippen molar-refractivity contribution in [1.29, 1.82) is 0 Å². The summed E-state index contributed by atoms with van der Waals surface area (Å²) in [5.41, 5.74) is 6.05. The Hall–Kier alpha value is -2.34. The molecule has 2 aromatic rings. The highest BCUT2D eigenvalue weighted by molar-refractivity contribution is 6.06. The van der Waals surface area contributed by atoms with E-state index in [2.05, 4.69) is 67.3 Å². The van der Waals surface area contributed by atoms with Gasteiger partial charge in [-0.3, -0.25) is 0 Å². The van der Waals surface area contributed by atoms with Crippen LogP contribution in [0.5, 0.6) is 0 Å². The van der Waals surface area contributed by atoms with Crippen molar-refractivity contribution in [2.45, 2.75) is 0 Å². The Labute approximate surface area is 108 Å². The zero-order valence-electron chi connectivity index (χ0n) is 10.1. The molecule has 0 N–H and O–H groups in total. The van der Waals surface area contributed by atoms with E-state index in [1.165, 1.54) is 22.3 Å². The van der Waals surface area contributed by atoms with E-state index in [-0.39, 0.29) is 0 Å². The van der Waals surface area contributed by atoms with Crippen LogP contribution in [-0.4, -0.2) is 0 Å². The van der Waals surface area contributed by atoms with Gasteiger partial charge in [0.25, 0.3) is 0 Å². The van der Waals surface area contributed by atoms with Crippen LogP contribution >= 0.6 is 0 Å². The molecule has 0 atom stereocenters. The van der Waals surface area contributed by atoms with Crippen molar-refractivity contribution in [3.8, 4) is 0 Å². The Morgan fingerprint density at radius 3 is 1.78 bits per heavy atom. The zero-order chi connectivity index (χ0) is 12.4. The molecule has 3 rings (SSSR count). The molecular formula is C18H14. The quantitative estimate of drug-likeness (QED) is 0.700. The van der Waals surface area contributed by atoms with Gasteiger partial charge in [0.15, 0.2) is 0 Å². The number of allylic oxidation sites excluding steroid dienone is 5. The van der Waals surface area contributed by atoms with Crippen molar-refractivity contribution in [2.75, 3.05) is 0 Å². The lowest BCUT2D eigenvalue weighted by molar-refractivity contribution is 1.59. The second-order valence-electron chi connectivity index (χ2n) is 4.38. The van der Waals surface area contributed by atoms with Gasteiger partial charge in [0.05, 0.1) is 0 Å². The summed E-state index contributed by atoms with van der Waals surface area (Å²) in [5, 5.41) is 0. The number of benzene rings is 2. The third-order valence-electron chi connectivity index (χ3n) is 3.19. The van der Waals surface area contributed by atoms with Crippen molar-refractivity contribution < 1.29 is 0 Å². The summed E-state index contributed by atoms with van der Waals surface area (Å²) in [4.78, 5) is 0. The second kappa shape index (κ2) is 4.50. The van der Waals surface area contributed by atoms with Crippen molar-refractivity contribution in [3.05, 3.63) is 96.1 Å². The summed E-state index contributed by atoms with van der Waals surface area (Å²) >= 11 is 0. The van der Waals surface area contributed by atoms with E-state index >= 15 is 0 Å². The lowest BCUT2D eigenvalue weighted by Crippen LogP contribution is -1.87. The van der Waals surface area contributed by atoms with E-state index in [0.717, 1.165) is 5.57 Å². The van der Waals surface area contributed by atoms with Crippen LogP contribution in [-0.2, 0) is 0 Å². The fraction of sp³-hybridized carbons (Fsp3) is 0. The van der Waals surface area contributed by atoms with Gasteiger partial charge >= 0.3 is 0 Å². The number of rotatable bonds is 2. The first-order valence-corrected chi connectivity index (χ1v) is 6.09. The highest BCUT2D eigenvalue weighted by Gasteiger charge is 2.15. The van der Waals surface area contributed by atoms with E-state index in [4.69, 9.17) is 0 Å². The topological polar surface area (TPSA) is 0 Å². The summed E-state index contributed by atoms with van der Waals surface area (Å²) in [6.45, 7) is 4.14. The van der Waals surface area contributed by atoms with Gasteiger partial charge in [-0.15, -0.1) is 0 Å². The first kappa shape index (κ1) is 10.8. The Kier molecular flexibility index (Phi) is 2.70. The third kappa shape index (κ3) is 1.82. The highest BCUT2D eigenvalue weighted by atomic mass is 14.2. The molecule has 0 fully saturated rings. The van der Waals surface area contributed by atoms with Crippen molar-refractivity contribution in [3.63, 3.8) is 0 Å². The minimum atomic E-state index is 1.08. The molecule has 0 aliphatic heterocycles. The minimum absolute atomic E-state index is 1.08. The molecule has 1 aliphatic rings. The van der Waals surface area contributed by atoms with Crippen LogP contribution in [0.3, 0.4) is 0 Å². The average Bonchev–Trinajstić information content (AvgIpc) is 2.83. The van der Waals surface area contributed by atoms with Gasteiger partial charge in [-0.05, 0) is 27.8 Å². The molecule has 2 aromatic carbocycles. The van der Waals surface area contributed by atoms with Gasteiger partial charge in [-0.2, -0.15) is 0 Å². The van der Waals surface area contributed by atoms with Gasteiger partial charge in [-0.1, -0.05) is 79.4 Å². The predicted octanol–water partition coefficient (Wildman–Crippen LogP) is 4.72. The first-order chi connectivity index (χ1) is 8.86. The first-order valence-electron chi connectivity index (χ1n) is 6.09. The molecule has 0 saturated heterocycles. The molecule has 0 aromatic heterocycles. The lowest BCUT2D eigenvalue weighted by Gasteiger charge is -2.09. The molecule has 0 saturated carbocycles. The fourth-order valence-electron chi connectivity index (χ4n) is 2.33. The molecule has 0 bridgehead atoms. The maximum Gasteiger partial charge on any atom is -0.00388 e. The van der Waals surface area contributed by atoms with Crippen LogP contribution in [0.4, 0.5) is 0 Å². The predicted molar refractivity (Wildman–Crippen MR) is 78.0 cm³/mol. The highest BCUT2D eigenvalue weighted by Crippen LogP contribution is 2.37. The summed E-state index contributed by atoms with van der Waals surface area (Å²) in [6, 6.07) is 20.9. The summed E-state index contributed by atoms with van der Waals surface area (Å²) < 4.78 is 0. The maximum absolute atomic E-state index is 4.14. The molecule has 0 spiro atoms. The third-order valence-corrected chi connectivity index (χ3v) is 3.19. The number of hydrogen-bond donors (Lipinski definition) is 0. The Morgan fingerprint density at radius 1 is 0.611 bits per heavy atom. The zero-order valence-corrected chi connectivity index (χ0v) is 10.1. The van der Waals surface area contributed by atoms with E-state index in [1.54, 1.807) is 0 Å². The lowest BCUT2D eigenvalue weighted by atomic mass is 9.95. The van der Waals surface area contributed by atoms with Gasteiger partial charge in [-0.25, -0.2) is 0 Å². The smallest absolute Gasteiger partial charge is 0.00388 e. The molecule has 0 nitrogen and oxygen atoms in total. The number of hydrogen-bond acceptors (Lipinski definition) is 0. The van der Waals surface area contributed by atoms with Gasteiger partial charge in [0.2, 0.25) is 0 Å². The van der Waals surface area contributed by atoms with Crippen LogP contribution in [0.1, 0.15) is 11.1 Å². The van der Waals surface area contributed by atoms with Crippen LogP contribution < -0.4 is 0 Å². The molecule has 0 amide bonds. The van der Waals surface area contributed by atoms with Crippen LogP contribution in [0.15, 0.2) is 85.0 Å². The van der Waals surface area contributed by atoms with E-state index in [0.29, 0.717) is 0 Å². The second-order valence-corrected chi connectivity index (χ2v) is 4.38. The molecular weight excluding hydrogens is 216 g/mol. The molecule has 86 valence electrons. The summed E-state index contributed by atoms with van der Waals surface area (Å²) in [6.07, 6.45) is 4.24. The van der Waals surface area contributed by atoms with Crippen molar-refractivity contribution in [2.24, 2.45) is 0 Å². The summed E-state index contributed by atoms with van der Waals surface area (Å²) in [7, 11) is 0. The molecule has 18 heavy (non-hydrogen) atoms. The molecule has 0 unspecified atom stereocenters. The Morgan fingerprint density at radius 2 is 1.17 bits per heavy atom. The monoisotopic (exact) mass is 230 g/mol. The molecule has 1 aliphatic carbocycles. The van der Waals surface area contributed by atoms with Crippen molar-refractivity contribution in [1.82, 2.24) is 0 Å². The van der Waals surface area contributed by atoms with Gasteiger partial charge < -0.3 is 0 Å². The van der Waals surface area contributed by atoms with Gasteiger partial charge in [0.1, 0.15) is 0 Å². The standard InChI is InChI=1S/C18H14/c1-14-12-13-17(15-8-4-2-5-9-15)18(14)16-10-6-3-7-11-16/h2-13H,1H2. The molecule has 0 heterocycles. The summed E-state index contributed by atoms with van der Waals surface area (Å²) in [5.74, 6) is 0. The largest absolute Gasteiger partial charge is 0.0911 e. The van der Waals surface area contributed by atoms with E-state index < -0.39 is 0 Å². The van der Waals surface area contributed by atoms with Crippen LogP contribution in [0, 0.1) is 0 Å². The molecule has 0 heteroatoms. The van der Waals surface area contributed by atoms with Crippen LogP contribution in [0.25, 0.3) is 11.1 Å². The molecule has 0 radical (unpaired) electrons. The Bertz CT molecular complexity index is 587. The normalized spacial score (nSPS) is 14.3. The van der Waals surface area contributed by atoms with E-state index in [1.807, 2.05) is 12.1 Å². The van der Waals surface area contributed by atoms with Crippen LogP contribution in [0.2, 0.25) is 0 Å². The van der Waals surface area contributed by atoms with Crippen molar-refractivity contribution >= 4 is 11.1 Å². The Balaban J connectivity index is 2.18. The SMILES string of the molecule is C=C1C=CC(c2ccccc2)=C1c1ccccc1. The maximum atomic E-state index is 4.14. The van der Waals surface area contributed by atoms with E-state index in [9.17, 15) is 0 Å². The fourth-order valence-corrected chi connectivity index (χ4v) is 2.33. The minimum Gasteiger partial charge on any atom is -0.0911 e. The van der Waals surface area contributed by atoms with Gasteiger partial charge in [0, 0.05) is 0 Å². The average molecular weight is 230 g/mol.